The monoisotopic (exact) mass is 157 g/mol. The Balaban J connectivity index is 2.71. The fraction of sp³-hybridized carbons (Fsp3) is 0. The average molecular weight is 157 g/mol. The van der Waals surface area contributed by atoms with Crippen LogP contribution in [0.1, 0.15) is 0 Å². The quantitative estimate of drug-likeness (QED) is 0.155. The Hall–Kier alpha value is -1.90. The molecular weight excluding hydrogens is 150 g/mol. The van der Waals surface area contributed by atoms with Gasteiger partial charge in [-0.3, -0.25) is 0 Å². The van der Waals surface area contributed by atoms with Gasteiger partial charge in [-0.2, -0.15) is 10.3 Å². The summed E-state index contributed by atoms with van der Waals surface area (Å²) < 4.78 is 0. The number of anilines is 1. The Morgan fingerprint density at radius 3 is 2.73 bits per heavy atom. The Morgan fingerprint density at radius 2 is 2.27 bits per heavy atom. The van der Waals surface area contributed by atoms with Gasteiger partial charge in [0.05, 0.1) is 0 Å². The van der Waals surface area contributed by atoms with E-state index in [-0.39, 0.29) is 11.9 Å². The molecule has 0 fully saturated rings. The van der Waals surface area contributed by atoms with Crippen LogP contribution in [0.25, 0.3) is 0 Å². The predicted octanol–water partition coefficient (Wildman–Crippen LogP) is -2.93. The van der Waals surface area contributed by atoms with Gasteiger partial charge in [0.25, 0.3) is 0 Å². The first-order chi connectivity index (χ1) is 5.20. The maximum Gasteiger partial charge on any atom is 0.300 e. The third-order valence-electron chi connectivity index (χ3n) is 0.762. The van der Waals surface area contributed by atoms with Crippen LogP contribution in [-0.4, -0.2) is 26.6 Å². The Labute approximate surface area is 61.2 Å². The van der Waals surface area contributed by atoms with E-state index in [2.05, 4.69) is 25.7 Å². The standard InChI is InChI=1S/C2H7N9/c3-1(4)8-11(5)2-6-9-10-7-2/h5H2,(H4,3,4,8)(H,6,7,9,10). The van der Waals surface area contributed by atoms with E-state index in [4.69, 9.17) is 17.3 Å². The lowest BCUT2D eigenvalue weighted by Gasteiger charge is -2.04. The largest absolute Gasteiger partial charge is 0.369 e. The van der Waals surface area contributed by atoms with Crippen LogP contribution in [0.3, 0.4) is 0 Å². The second kappa shape index (κ2) is 2.79. The van der Waals surface area contributed by atoms with Crippen molar-refractivity contribution in [1.29, 1.82) is 0 Å². The van der Waals surface area contributed by atoms with Crippen molar-refractivity contribution in [3.63, 3.8) is 0 Å². The number of H-pyrrole nitrogens is 1. The van der Waals surface area contributed by atoms with Gasteiger partial charge in [0.1, 0.15) is 0 Å². The maximum atomic E-state index is 5.24. The molecule has 0 unspecified atom stereocenters. The molecule has 0 bridgehead atoms. The number of aromatic amines is 1. The molecule has 0 saturated carbocycles. The summed E-state index contributed by atoms with van der Waals surface area (Å²) in [4.78, 5) is 0. The Kier molecular flexibility index (Phi) is 1.83. The first kappa shape index (κ1) is 7.21. The van der Waals surface area contributed by atoms with Gasteiger partial charge >= 0.3 is 5.95 Å². The molecule has 0 aliphatic heterocycles. The summed E-state index contributed by atoms with van der Waals surface area (Å²) in [6.45, 7) is 0. The molecule has 1 heterocycles. The highest BCUT2D eigenvalue weighted by Crippen LogP contribution is 1.95. The maximum absolute atomic E-state index is 5.24. The van der Waals surface area contributed by atoms with Crippen LogP contribution in [-0.2, 0) is 0 Å². The molecule has 1 aromatic heterocycles. The molecule has 7 N–H and O–H groups in total. The lowest BCUT2D eigenvalue weighted by molar-refractivity contribution is 0.862. The molecule has 0 spiro atoms. The number of hydrogen-bond donors (Lipinski definition) is 4. The second-order valence-electron chi connectivity index (χ2n) is 1.58. The first-order valence-corrected chi connectivity index (χ1v) is 2.58. The van der Waals surface area contributed by atoms with Gasteiger partial charge in [0.15, 0.2) is 0 Å². The molecule has 9 nitrogen and oxygen atoms in total. The summed E-state index contributed by atoms with van der Waals surface area (Å²) >= 11 is 0. The molecule has 1 rings (SSSR count). The van der Waals surface area contributed by atoms with Crippen molar-refractivity contribution in [2.45, 2.75) is 0 Å². The highest BCUT2D eigenvalue weighted by atomic mass is 15.7. The lowest BCUT2D eigenvalue weighted by atomic mass is 11.0. The lowest BCUT2D eigenvalue weighted by Crippen LogP contribution is -2.33. The van der Waals surface area contributed by atoms with E-state index in [0.717, 1.165) is 5.12 Å². The van der Waals surface area contributed by atoms with Gasteiger partial charge in [0, 0.05) is 0 Å². The van der Waals surface area contributed by atoms with E-state index >= 15 is 0 Å². The van der Waals surface area contributed by atoms with Gasteiger partial charge in [-0.05, 0) is 5.21 Å². The van der Waals surface area contributed by atoms with Crippen molar-refractivity contribution in [3.05, 3.63) is 0 Å². The molecule has 1 aromatic rings. The molecular formula is C2H7N9. The van der Waals surface area contributed by atoms with E-state index in [1.54, 1.807) is 0 Å². The zero-order valence-electron chi connectivity index (χ0n) is 5.47. The van der Waals surface area contributed by atoms with Crippen LogP contribution in [0.4, 0.5) is 5.95 Å². The number of guanidine groups is 1. The number of aromatic nitrogens is 4. The number of rotatable bonds is 2. The van der Waals surface area contributed by atoms with Crippen molar-refractivity contribution in [2.24, 2.45) is 22.4 Å². The van der Waals surface area contributed by atoms with Crippen LogP contribution in [0.15, 0.2) is 5.10 Å². The van der Waals surface area contributed by atoms with Crippen molar-refractivity contribution >= 4 is 11.9 Å². The number of nitrogens with one attached hydrogen (secondary N) is 1. The van der Waals surface area contributed by atoms with Gasteiger partial charge in [0.2, 0.25) is 5.96 Å². The van der Waals surface area contributed by atoms with Crippen LogP contribution < -0.4 is 22.4 Å². The summed E-state index contributed by atoms with van der Waals surface area (Å²) in [6, 6.07) is 0. The van der Waals surface area contributed by atoms with Crippen molar-refractivity contribution in [3.8, 4) is 0 Å². The summed E-state index contributed by atoms with van der Waals surface area (Å²) in [7, 11) is 0. The molecule has 0 aliphatic rings. The fourth-order valence-corrected chi connectivity index (χ4v) is 0.423. The normalized spacial score (nSPS) is 9.18. The minimum Gasteiger partial charge on any atom is -0.369 e. The number of hydrazine groups is 1. The number of hydrazone groups is 1. The molecule has 0 aliphatic carbocycles. The van der Waals surface area contributed by atoms with Crippen molar-refractivity contribution in [2.75, 3.05) is 5.12 Å². The predicted molar refractivity (Wildman–Crippen MR) is 36.7 cm³/mol. The fourth-order valence-electron chi connectivity index (χ4n) is 0.423. The minimum atomic E-state index is -0.183. The Morgan fingerprint density at radius 1 is 1.55 bits per heavy atom. The second-order valence-corrected chi connectivity index (χ2v) is 1.58. The van der Waals surface area contributed by atoms with E-state index in [9.17, 15) is 0 Å². The average Bonchev–Trinajstić information content (AvgIpc) is 2.35. The summed E-state index contributed by atoms with van der Waals surface area (Å²) in [5.74, 6) is 5.14. The van der Waals surface area contributed by atoms with Gasteiger partial charge < -0.3 is 11.5 Å². The molecule has 9 heteroatoms. The molecule has 0 radical (unpaired) electrons. The minimum absolute atomic E-state index is 0.0819. The number of hydrogen-bond acceptors (Lipinski definition) is 6. The molecule has 0 saturated heterocycles. The van der Waals surface area contributed by atoms with Crippen molar-refractivity contribution < 1.29 is 0 Å². The van der Waals surface area contributed by atoms with E-state index < -0.39 is 0 Å². The molecule has 0 amide bonds. The van der Waals surface area contributed by atoms with Crippen LogP contribution in [0.2, 0.25) is 0 Å². The molecule has 11 heavy (non-hydrogen) atoms. The van der Waals surface area contributed by atoms with E-state index in [0.29, 0.717) is 0 Å². The van der Waals surface area contributed by atoms with Crippen LogP contribution in [0.5, 0.6) is 0 Å². The van der Waals surface area contributed by atoms with Crippen molar-refractivity contribution in [1.82, 2.24) is 20.6 Å². The smallest absolute Gasteiger partial charge is 0.300 e. The van der Waals surface area contributed by atoms with Crippen LogP contribution >= 0.6 is 0 Å². The highest BCUT2D eigenvalue weighted by molar-refractivity contribution is 5.76. The number of nitrogens with two attached hydrogens (primary N) is 3. The third-order valence-corrected chi connectivity index (χ3v) is 0.762. The van der Waals surface area contributed by atoms with Gasteiger partial charge in [-0.25, -0.2) is 5.84 Å². The zero-order chi connectivity index (χ0) is 8.27. The van der Waals surface area contributed by atoms with Gasteiger partial charge in [-0.15, -0.1) is 10.2 Å². The van der Waals surface area contributed by atoms with E-state index in [1.807, 2.05) is 0 Å². The summed E-state index contributed by atoms with van der Waals surface area (Å²) in [5.41, 5.74) is 10.0. The summed E-state index contributed by atoms with van der Waals surface area (Å²) in [6.07, 6.45) is 0. The molecule has 0 atom stereocenters. The SMILES string of the molecule is NC(N)=NN(N)c1nn[nH]n1. The number of tetrazole rings is 1. The Bertz CT molecular complexity index is 230. The molecule has 60 valence electrons. The van der Waals surface area contributed by atoms with E-state index in [1.165, 1.54) is 0 Å². The molecule has 0 aromatic carbocycles. The number of nitrogens with zero attached hydrogens (tertiary/aromatic N) is 5. The highest BCUT2D eigenvalue weighted by Gasteiger charge is 2.03. The zero-order valence-corrected chi connectivity index (χ0v) is 5.47. The first-order valence-electron chi connectivity index (χ1n) is 2.58. The topological polar surface area (TPSA) is 148 Å². The third kappa shape index (κ3) is 1.76. The summed E-state index contributed by atoms with van der Waals surface area (Å²) in [5, 5.41) is 16.7. The van der Waals surface area contributed by atoms with Gasteiger partial charge in [-0.1, -0.05) is 5.10 Å². The van der Waals surface area contributed by atoms with Crippen LogP contribution in [0, 0.1) is 0 Å².